The smallest absolute Gasteiger partial charge is 0.179 e. The minimum atomic E-state index is 0.639. The number of nitrogen functional groups attached to an aromatic ring is 1. The van der Waals surface area contributed by atoms with Gasteiger partial charge in [0.2, 0.25) is 0 Å². The molecule has 0 bridgehead atoms. The lowest BCUT2D eigenvalue weighted by Gasteiger charge is -1.67. The number of anilines is 1. The molecule has 0 aliphatic rings. The Morgan fingerprint density at radius 1 is 2.17 bits per heavy atom. The van der Waals surface area contributed by atoms with E-state index in [0.717, 1.165) is 0 Å². The Bertz CT molecular complexity index is 127. The maximum atomic E-state index is 6.56. The third-order valence-electron chi connectivity index (χ3n) is 0.432. The van der Waals surface area contributed by atoms with Crippen LogP contribution in [0.1, 0.15) is 0 Å². The van der Waals surface area contributed by atoms with Gasteiger partial charge in [0.15, 0.2) is 6.54 Å². The van der Waals surface area contributed by atoms with Gasteiger partial charge in [-0.05, 0) is 0 Å². The molecular weight excluding hydrogens is 96.1 g/mol. The largest absolute Gasteiger partial charge is 0.375 e. The summed E-state index contributed by atoms with van der Waals surface area (Å²) < 4.78 is 6.56. The fraction of sp³-hybridized carbons (Fsp3) is 0. The highest BCUT2D eigenvalue weighted by Gasteiger charge is 1.76. The Morgan fingerprint density at radius 2 is 3.17 bits per heavy atom. The topological polar surface area (TPSA) is 38.9 Å². The van der Waals surface area contributed by atoms with Crippen LogP contribution in [-0.4, -0.2) is 4.98 Å². The highest BCUT2D eigenvalue weighted by Crippen LogP contribution is 2.02. The van der Waals surface area contributed by atoms with Gasteiger partial charge in [0.1, 0.15) is 0 Å². The molecule has 0 aromatic carbocycles. The molecule has 1 heterocycles. The summed E-state index contributed by atoms with van der Waals surface area (Å²) in [5, 5.41) is 2.46. The predicted molar refractivity (Wildman–Crippen MR) is 26.5 cm³/mol. The number of aromatic nitrogens is 1. The van der Waals surface area contributed by atoms with Crippen molar-refractivity contribution in [2.45, 2.75) is 0 Å². The minimum absolute atomic E-state index is 0.639. The van der Waals surface area contributed by atoms with E-state index in [2.05, 4.69) is 10.7 Å². The Kier molecular flexibility index (Phi) is 0.542. The molecule has 0 fully saturated rings. The molecule has 2 N–H and O–H groups in total. The molecule has 0 spiro atoms. The molecule has 1 aromatic rings. The number of rotatable bonds is 1. The number of thiazole rings is 1. The van der Waals surface area contributed by atoms with Gasteiger partial charge in [0.05, 0.1) is 0 Å². The Labute approximate surface area is 41.1 Å². The Hall–Kier alpha value is -0.570. The van der Waals surface area contributed by atoms with E-state index in [-0.39, 0.29) is 0 Å². The molecule has 32 valence electrons. The third kappa shape index (κ3) is 0.490. The number of hydrogen-bond donors (Lipinski definition) is 1. The van der Waals surface area contributed by atoms with Crippen LogP contribution in [0.4, 0.5) is 5.13 Å². The summed E-state index contributed by atoms with van der Waals surface area (Å²) in [6, 6.07) is 0. The highest BCUT2D eigenvalue weighted by atomic mass is 32.1. The first-order chi connectivity index (χ1) is 3.43. The number of hydrogen-bond acceptors (Lipinski definition) is 3. The second kappa shape index (κ2) is 1.26. The van der Waals surface area contributed by atoms with Crippen molar-refractivity contribution in [2.75, 3.05) is 5.73 Å². The predicted octanol–water partition coefficient (Wildman–Crippen LogP) is 0.725. The monoisotopic (exact) mass is 101 g/mol. The van der Waals surface area contributed by atoms with Crippen LogP contribution in [0, 0.1) is 0 Å². The van der Waals surface area contributed by atoms with E-state index >= 15 is 0 Å². The molecule has 6 heavy (non-hydrogen) atoms. The van der Waals surface area contributed by atoms with Crippen molar-refractivity contribution in [1.29, 1.82) is 0 Å². The average Bonchev–Trinajstić information content (AvgIpc) is 2.14. The summed E-state index contributed by atoms with van der Waals surface area (Å²) in [5.41, 5.74) is 2.16. The van der Waals surface area contributed by atoms with Gasteiger partial charge in [0.25, 0.3) is 0 Å². The SMILES string of the molecule is [2H]Nc1nccs1. The van der Waals surface area contributed by atoms with Crippen LogP contribution >= 0.6 is 11.3 Å². The molecule has 3 heteroatoms. The van der Waals surface area contributed by atoms with Crippen molar-refractivity contribution in [3.8, 4) is 0 Å². The zero-order chi connectivity index (χ0) is 5.11. The molecule has 0 radical (unpaired) electrons. The van der Waals surface area contributed by atoms with E-state index in [0.29, 0.717) is 5.13 Å². The minimum Gasteiger partial charge on any atom is -0.375 e. The fourth-order valence-electron chi connectivity index (χ4n) is 0.223. The van der Waals surface area contributed by atoms with Crippen LogP contribution in [0.25, 0.3) is 0 Å². The van der Waals surface area contributed by atoms with Gasteiger partial charge < -0.3 is 5.73 Å². The molecule has 0 amide bonds. The van der Waals surface area contributed by atoms with Crippen molar-refractivity contribution in [1.82, 2.24) is 4.98 Å². The first kappa shape index (κ1) is 2.58. The molecule has 1 aromatic heterocycles. The van der Waals surface area contributed by atoms with Gasteiger partial charge in [-0.15, -0.1) is 11.3 Å². The number of nitrogens with two attached hydrogens (primary N) is 1. The van der Waals surface area contributed by atoms with Gasteiger partial charge >= 0.3 is 0 Å². The van der Waals surface area contributed by atoms with Crippen LogP contribution in [0.2, 0.25) is 1.41 Å². The lowest BCUT2D eigenvalue weighted by molar-refractivity contribution is 1.43. The van der Waals surface area contributed by atoms with Crippen molar-refractivity contribution in [2.24, 2.45) is 0 Å². The van der Waals surface area contributed by atoms with Gasteiger partial charge in [0, 0.05) is 11.6 Å². The van der Waals surface area contributed by atoms with E-state index in [1.54, 1.807) is 6.20 Å². The average molecular weight is 101 g/mol. The molecule has 0 saturated heterocycles. The molecular formula is C3H4N2S. The summed E-state index contributed by atoms with van der Waals surface area (Å²) in [5.74, 6) is 0. The molecule has 0 aliphatic heterocycles. The second-order valence-electron chi connectivity index (χ2n) is 0.837. The normalized spacial score (nSPS) is 10.3. The maximum Gasteiger partial charge on any atom is 0.179 e. The summed E-state index contributed by atoms with van der Waals surface area (Å²) in [7, 11) is 0. The first-order valence-corrected chi connectivity index (χ1v) is 2.38. The van der Waals surface area contributed by atoms with Crippen molar-refractivity contribution >= 4 is 16.5 Å². The zero-order valence-electron chi connectivity index (χ0n) is 4.01. The fourth-order valence-corrected chi connectivity index (χ4v) is 0.596. The zero-order valence-corrected chi connectivity index (χ0v) is 3.83. The van der Waals surface area contributed by atoms with Crippen molar-refractivity contribution in [3.05, 3.63) is 11.6 Å². The number of nitrogens with zero attached hydrogens (tertiary/aromatic N) is 1. The maximum absolute atomic E-state index is 6.56. The van der Waals surface area contributed by atoms with Gasteiger partial charge in [-0.25, -0.2) is 4.98 Å². The molecule has 2 nitrogen and oxygen atoms in total. The van der Waals surface area contributed by atoms with Gasteiger partial charge in [-0.1, -0.05) is 0 Å². The molecule has 0 atom stereocenters. The summed E-state index contributed by atoms with van der Waals surface area (Å²) >= 11 is 1.41. The molecule has 0 aliphatic carbocycles. The summed E-state index contributed by atoms with van der Waals surface area (Å²) in [6.45, 7) is 0. The van der Waals surface area contributed by atoms with Crippen LogP contribution in [0.3, 0.4) is 0 Å². The standard InChI is InChI=1S/C3H4N2S/c4-3-5-1-2-6-3/h1-2H,(H2,4,5)/i/hD. The molecule has 0 saturated carbocycles. The van der Waals surface area contributed by atoms with Crippen molar-refractivity contribution in [3.63, 3.8) is 0 Å². The van der Waals surface area contributed by atoms with Crippen LogP contribution in [0.5, 0.6) is 0 Å². The van der Waals surface area contributed by atoms with E-state index in [1.165, 1.54) is 11.3 Å². The molecule has 0 unspecified atom stereocenters. The quantitative estimate of drug-likeness (QED) is 0.566. The van der Waals surface area contributed by atoms with Crippen molar-refractivity contribution < 1.29 is 1.41 Å². The second-order valence-corrected chi connectivity index (χ2v) is 1.73. The lowest BCUT2D eigenvalue weighted by Crippen LogP contribution is -1.77. The van der Waals surface area contributed by atoms with Crippen LogP contribution in [-0.2, 0) is 0 Å². The van der Waals surface area contributed by atoms with Gasteiger partial charge in [-0.2, -0.15) is 0 Å². The first-order valence-electron chi connectivity index (χ1n) is 2.00. The highest BCUT2D eigenvalue weighted by molar-refractivity contribution is 7.13. The lowest BCUT2D eigenvalue weighted by atomic mass is 11.0. The third-order valence-corrected chi connectivity index (χ3v) is 1.02. The summed E-state index contributed by atoms with van der Waals surface area (Å²) in [4.78, 5) is 3.75. The summed E-state index contributed by atoms with van der Waals surface area (Å²) in [6.07, 6.45) is 1.65. The van der Waals surface area contributed by atoms with E-state index in [4.69, 9.17) is 1.41 Å². The molecule has 1 rings (SSSR count). The Balaban J connectivity index is 2.76. The van der Waals surface area contributed by atoms with E-state index < -0.39 is 0 Å². The Morgan fingerprint density at radius 3 is 3.50 bits per heavy atom. The van der Waals surface area contributed by atoms with Crippen LogP contribution < -0.4 is 5.73 Å². The van der Waals surface area contributed by atoms with Crippen LogP contribution in [0.15, 0.2) is 11.6 Å². The van der Waals surface area contributed by atoms with E-state index in [9.17, 15) is 0 Å². The van der Waals surface area contributed by atoms with E-state index in [1.807, 2.05) is 5.38 Å². The van der Waals surface area contributed by atoms with Gasteiger partial charge in [-0.3, -0.25) is 0 Å².